The molecular formula is C21H18N2O3. The highest BCUT2D eigenvalue weighted by Gasteiger charge is 2.30. The van der Waals surface area contributed by atoms with Crippen molar-refractivity contribution < 1.29 is 14.3 Å². The molecule has 0 radical (unpaired) electrons. The summed E-state index contributed by atoms with van der Waals surface area (Å²) in [7, 11) is 0. The maximum atomic E-state index is 12.7. The van der Waals surface area contributed by atoms with Gasteiger partial charge < -0.3 is 9.64 Å². The first-order valence-electron chi connectivity index (χ1n) is 8.59. The number of esters is 1. The van der Waals surface area contributed by atoms with Crippen molar-refractivity contribution in [3.05, 3.63) is 71.9 Å². The summed E-state index contributed by atoms with van der Waals surface area (Å²) in [5.74, 6) is -0.812. The van der Waals surface area contributed by atoms with Crippen molar-refractivity contribution >= 4 is 28.5 Å². The number of carbonyl (C=O) groups excluding carboxylic acids is 2. The number of ether oxygens (including phenoxy) is 1. The van der Waals surface area contributed by atoms with Crippen LogP contribution in [0.25, 0.3) is 10.9 Å². The third kappa shape index (κ3) is 2.92. The molecule has 26 heavy (non-hydrogen) atoms. The van der Waals surface area contributed by atoms with E-state index in [-0.39, 0.29) is 11.6 Å². The molecule has 1 atom stereocenters. The number of hydrogen-bond donors (Lipinski definition) is 0. The third-order valence-electron chi connectivity index (χ3n) is 4.59. The number of hydrogen-bond acceptors (Lipinski definition) is 4. The molecule has 130 valence electrons. The molecule has 1 amide bonds. The second-order valence-corrected chi connectivity index (χ2v) is 6.31. The number of carbonyl (C=O) groups is 2. The molecule has 0 aliphatic carbocycles. The van der Waals surface area contributed by atoms with Crippen molar-refractivity contribution in [3.8, 4) is 0 Å². The van der Waals surface area contributed by atoms with E-state index >= 15 is 0 Å². The molecule has 3 aromatic rings. The van der Waals surface area contributed by atoms with Gasteiger partial charge in [0, 0.05) is 17.6 Å². The standard InChI is InChI=1S/C21H18N2O3/c1-14(20(24)23-13-12-16-7-3-5-9-19(16)23)26-21(25)18-11-10-15-6-2-4-8-17(15)22-18/h2-11,14H,12-13H2,1H3/t14-/m1/s1. The minimum Gasteiger partial charge on any atom is -0.448 e. The average Bonchev–Trinajstić information content (AvgIpc) is 3.11. The monoisotopic (exact) mass is 346 g/mol. The fourth-order valence-corrected chi connectivity index (χ4v) is 3.24. The third-order valence-corrected chi connectivity index (χ3v) is 4.59. The van der Waals surface area contributed by atoms with E-state index in [0.717, 1.165) is 28.6 Å². The average molecular weight is 346 g/mol. The number of para-hydroxylation sites is 2. The van der Waals surface area contributed by atoms with Gasteiger partial charge in [0.15, 0.2) is 6.10 Å². The van der Waals surface area contributed by atoms with Gasteiger partial charge in [0.2, 0.25) is 0 Å². The first kappa shape index (κ1) is 16.3. The first-order valence-corrected chi connectivity index (χ1v) is 8.59. The van der Waals surface area contributed by atoms with Gasteiger partial charge in [-0.3, -0.25) is 4.79 Å². The van der Waals surface area contributed by atoms with Crippen LogP contribution in [-0.2, 0) is 16.0 Å². The van der Waals surface area contributed by atoms with Crippen molar-refractivity contribution in [2.24, 2.45) is 0 Å². The smallest absolute Gasteiger partial charge is 0.357 e. The molecule has 0 saturated heterocycles. The normalized spacial score (nSPS) is 14.1. The summed E-state index contributed by atoms with van der Waals surface area (Å²) in [4.78, 5) is 31.1. The Kier molecular flexibility index (Phi) is 4.13. The SMILES string of the molecule is C[C@@H](OC(=O)c1ccc2ccccc2n1)C(=O)N1CCc2ccccc21. The van der Waals surface area contributed by atoms with Crippen LogP contribution in [0.2, 0.25) is 0 Å². The molecule has 2 heterocycles. The lowest BCUT2D eigenvalue weighted by atomic mass is 10.2. The van der Waals surface area contributed by atoms with Crippen LogP contribution in [0.4, 0.5) is 5.69 Å². The number of aromatic nitrogens is 1. The minimum absolute atomic E-state index is 0.199. The molecule has 0 bridgehead atoms. The number of rotatable bonds is 3. The summed E-state index contributed by atoms with van der Waals surface area (Å²) in [5, 5.41) is 0.946. The van der Waals surface area contributed by atoms with Gasteiger partial charge in [-0.15, -0.1) is 0 Å². The van der Waals surface area contributed by atoms with Gasteiger partial charge >= 0.3 is 5.97 Å². The molecule has 5 heteroatoms. The molecule has 0 spiro atoms. The van der Waals surface area contributed by atoms with Crippen LogP contribution in [0, 0.1) is 0 Å². The second kappa shape index (κ2) is 6.59. The number of fused-ring (bicyclic) bond motifs is 2. The highest BCUT2D eigenvalue weighted by molar-refractivity contribution is 6.00. The lowest BCUT2D eigenvalue weighted by Crippen LogP contribution is -2.39. The molecule has 0 unspecified atom stereocenters. The van der Waals surface area contributed by atoms with E-state index in [0.29, 0.717) is 6.54 Å². The largest absolute Gasteiger partial charge is 0.448 e. The molecule has 4 rings (SSSR count). The zero-order valence-electron chi connectivity index (χ0n) is 14.4. The van der Waals surface area contributed by atoms with Crippen molar-refractivity contribution in [1.82, 2.24) is 4.98 Å². The van der Waals surface area contributed by atoms with Gasteiger partial charge in [0.1, 0.15) is 5.69 Å². The van der Waals surface area contributed by atoms with E-state index in [1.54, 1.807) is 17.9 Å². The summed E-state index contributed by atoms with van der Waals surface area (Å²) in [6, 6.07) is 18.8. The molecule has 2 aromatic carbocycles. The molecule has 1 aromatic heterocycles. The van der Waals surface area contributed by atoms with Crippen molar-refractivity contribution in [2.75, 3.05) is 11.4 Å². The fraction of sp³-hybridized carbons (Fsp3) is 0.190. The van der Waals surface area contributed by atoms with Gasteiger partial charge in [-0.2, -0.15) is 0 Å². The number of nitrogens with zero attached hydrogens (tertiary/aromatic N) is 2. The molecular weight excluding hydrogens is 328 g/mol. The topological polar surface area (TPSA) is 59.5 Å². The first-order chi connectivity index (χ1) is 12.6. The zero-order valence-corrected chi connectivity index (χ0v) is 14.4. The summed E-state index contributed by atoms with van der Waals surface area (Å²) < 4.78 is 5.38. The number of pyridine rings is 1. The van der Waals surface area contributed by atoms with Crippen LogP contribution < -0.4 is 4.90 Å². The predicted octanol–water partition coefficient (Wildman–Crippen LogP) is 3.37. The van der Waals surface area contributed by atoms with E-state index < -0.39 is 12.1 Å². The Morgan fingerprint density at radius 3 is 2.69 bits per heavy atom. The molecule has 1 aliphatic rings. The van der Waals surface area contributed by atoms with Crippen LogP contribution in [-0.4, -0.2) is 29.5 Å². The van der Waals surface area contributed by atoms with Crippen LogP contribution in [0.3, 0.4) is 0 Å². The van der Waals surface area contributed by atoms with Gasteiger partial charge in [-0.1, -0.05) is 42.5 Å². The maximum Gasteiger partial charge on any atom is 0.357 e. The Morgan fingerprint density at radius 1 is 1.04 bits per heavy atom. The van der Waals surface area contributed by atoms with Crippen LogP contribution >= 0.6 is 0 Å². The molecule has 1 aliphatic heterocycles. The fourth-order valence-electron chi connectivity index (χ4n) is 3.24. The summed E-state index contributed by atoms with van der Waals surface area (Å²) in [6.07, 6.45) is -0.0589. The minimum atomic E-state index is -0.873. The number of anilines is 1. The summed E-state index contributed by atoms with van der Waals surface area (Å²) >= 11 is 0. The number of amides is 1. The summed E-state index contributed by atoms with van der Waals surface area (Å²) in [5.41, 5.74) is 2.94. The maximum absolute atomic E-state index is 12.7. The van der Waals surface area contributed by atoms with Gasteiger partial charge in [-0.25, -0.2) is 9.78 Å². The lowest BCUT2D eigenvalue weighted by Gasteiger charge is -2.21. The van der Waals surface area contributed by atoms with Crippen molar-refractivity contribution in [3.63, 3.8) is 0 Å². The Labute approximate surface area is 151 Å². The summed E-state index contributed by atoms with van der Waals surface area (Å²) in [6.45, 7) is 2.20. The van der Waals surface area contributed by atoms with E-state index in [9.17, 15) is 9.59 Å². The van der Waals surface area contributed by atoms with Crippen LogP contribution in [0.1, 0.15) is 23.0 Å². The number of benzene rings is 2. The highest BCUT2D eigenvalue weighted by Crippen LogP contribution is 2.28. The Morgan fingerprint density at radius 2 is 1.81 bits per heavy atom. The van der Waals surface area contributed by atoms with Crippen LogP contribution in [0.5, 0.6) is 0 Å². The Balaban J connectivity index is 1.49. The van der Waals surface area contributed by atoms with Gasteiger partial charge in [0.25, 0.3) is 5.91 Å². The van der Waals surface area contributed by atoms with E-state index in [4.69, 9.17) is 4.74 Å². The van der Waals surface area contributed by atoms with Gasteiger partial charge in [0.05, 0.1) is 5.52 Å². The van der Waals surface area contributed by atoms with E-state index in [2.05, 4.69) is 4.98 Å². The molecule has 0 saturated carbocycles. The highest BCUT2D eigenvalue weighted by atomic mass is 16.5. The van der Waals surface area contributed by atoms with E-state index in [1.807, 2.05) is 54.6 Å². The molecule has 0 N–H and O–H groups in total. The van der Waals surface area contributed by atoms with Crippen molar-refractivity contribution in [1.29, 1.82) is 0 Å². The van der Waals surface area contributed by atoms with Crippen LogP contribution in [0.15, 0.2) is 60.7 Å². The molecule has 5 nitrogen and oxygen atoms in total. The van der Waals surface area contributed by atoms with Crippen molar-refractivity contribution in [2.45, 2.75) is 19.4 Å². The van der Waals surface area contributed by atoms with Gasteiger partial charge in [-0.05, 0) is 37.1 Å². The predicted molar refractivity (Wildman–Crippen MR) is 99.1 cm³/mol. The zero-order chi connectivity index (χ0) is 18.1. The second-order valence-electron chi connectivity index (χ2n) is 6.31. The van der Waals surface area contributed by atoms with E-state index in [1.165, 1.54) is 0 Å². The Bertz CT molecular complexity index is 999. The molecule has 0 fully saturated rings. The lowest BCUT2D eigenvalue weighted by molar-refractivity contribution is -0.126. The Hall–Kier alpha value is -3.21. The quantitative estimate of drug-likeness (QED) is 0.682.